The van der Waals surface area contributed by atoms with E-state index in [2.05, 4.69) is 4.98 Å². The van der Waals surface area contributed by atoms with Crippen molar-refractivity contribution in [2.45, 2.75) is 19.4 Å². The Morgan fingerprint density at radius 1 is 1.17 bits per heavy atom. The monoisotopic (exact) mass is 409 g/mol. The Kier molecular flexibility index (Phi) is 6.84. The van der Waals surface area contributed by atoms with Gasteiger partial charge in [-0.3, -0.25) is 14.6 Å². The van der Waals surface area contributed by atoms with Gasteiger partial charge in [0.15, 0.2) is 0 Å². The number of pyridine rings is 1. The summed E-state index contributed by atoms with van der Waals surface area (Å²) in [5.41, 5.74) is 1.05. The van der Waals surface area contributed by atoms with Gasteiger partial charge in [-0.2, -0.15) is 0 Å². The number of rotatable bonds is 8. The number of Topliss-reactive ketones (excluding diaryl/α,β-unsaturated/α-hetero) is 1. The standard InChI is InChI=1S/C23H27N3O4/c1-4-15-30-17-10-8-16(9-11-17)21(27)19-20(18-7-5-6-12-24-18)26(14-13-25(2)3)23(29)22(19)28/h5-12,20,27H,4,13-15H2,1-3H3/t20-/m1/s1. The van der Waals surface area contributed by atoms with E-state index in [0.717, 1.165) is 6.42 Å². The van der Waals surface area contributed by atoms with E-state index in [1.165, 1.54) is 4.90 Å². The third kappa shape index (κ3) is 4.52. The lowest BCUT2D eigenvalue weighted by Crippen LogP contribution is -2.35. The van der Waals surface area contributed by atoms with Crippen LogP contribution in [-0.2, 0) is 9.59 Å². The first kappa shape index (κ1) is 21.5. The fourth-order valence-corrected chi connectivity index (χ4v) is 3.35. The maximum absolute atomic E-state index is 12.9. The Morgan fingerprint density at radius 2 is 1.90 bits per heavy atom. The van der Waals surface area contributed by atoms with Crippen LogP contribution in [0, 0.1) is 0 Å². The molecule has 0 spiro atoms. The number of aliphatic hydroxyl groups is 1. The molecule has 3 rings (SSSR count). The number of hydrogen-bond acceptors (Lipinski definition) is 6. The first-order chi connectivity index (χ1) is 14.4. The van der Waals surface area contributed by atoms with Crippen LogP contribution in [0.4, 0.5) is 0 Å². The lowest BCUT2D eigenvalue weighted by atomic mass is 9.98. The number of ketones is 1. The van der Waals surface area contributed by atoms with E-state index in [1.54, 1.807) is 48.7 Å². The summed E-state index contributed by atoms with van der Waals surface area (Å²) in [6.07, 6.45) is 2.50. The Morgan fingerprint density at radius 3 is 2.50 bits per heavy atom. The molecule has 2 aromatic rings. The second-order valence-electron chi connectivity index (χ2n) is 7.42. The number of aliphatic hydroxyl groups excluding tert-OH is 1. The molecule has 1 N–H and O–H groups in total. The highest BCUT2D eigenvalue weighted by Gasteiger charge is 2.46. The van der Waals surface area contributed by atoms with Gasteiger partial charge in [-0.15, -0.1) is 0 Å². The van der Waals surface area contributed by atoms with Crippen molar-refractivity contribution in [2.75, 3.05) is 33.8 Å². The molecule has 1 aliphatic heterocycles. The van der Waals surface area contributed by atoms with E-state index >= 15 is 0 Å². The summed E-state index contributed by atoms with van der Waals surface area (Å²) in [4.78, 5) is 33.4. The van der Waals surface area contributed by atoms with E-state index in [-0.39, 0.29) is 11.3 Å². The largest absolute Gasteiger partial charge is 0.507 e. The number of amides is 1. The molecule has 2 heterocycles. The molecule has 0 bridgehead atoms. The maximum Gasteiger partial charge on any atom is 0.295 e. The van der Waals surface area contributed by atoms with Gasteiger partial charge in [-0.1, -0.05) is 13.0 Å². The molecule has 0 aliphatic carbocycles. The molecule has 158 valence electrons. The van der Waals surface area contributed by atoms with Crippen LogP contribution in [-0.4, -0.2) is 65.4 Å². The minimum atomic E-state index is -0.734. The molecule has 1 saturated heterocycles. The number of carbonyl (C=O) groups excluding carboxylic acids is 2. The average Bonchev–Trinajstić information content (AvgIpc) is 3.01. The smallest absolute Gasteiger partial charge is 0.295 e. The highest BCUT2D eigenvalue weighted by Crippen LogP contribution is 2.38. The van der Waals surface area contributed by atoms with Gasteiger partial charge < -0.3 is 19.6 Å². The van der Waals surface area contributed by atoms with E-state index < -0.39 is 17.7 Å². The average molecular weight is 409 g/mol. The molecule has 30 heavy (non-hydrogen) atoms. The lowest BCUT2D eigenvalue weighted by Gasteiger charge is -2.25. The second kappa shape index (κ2) is 9.54. The van der Waals surface area contributed by atoms with Gasteiger partial charge in [0, 0.05) is 24.8 Å². The Hall–Kier alpha value is -3.19. The van der Waals surface area contributed by atoms with Crippen molar-refractivity contribution in [3.8, 4) is 5.75 Å². The molecule has 7 heteroatoms. The highest BCUT2D eigenvalue weighted by molar-refractivity contribution is 6.46. The lowest BCUT2D eigenvalue weighted by molar-refractivity contribution is -0.140. The van der Waals surface area contributed by atoms with E-state index in [1.807, 2.05) is 25.9 Å². The number of hydrogen-bond donors (Lipinski definition) is 1. The van der Waals surface area contributed by atoms with Gasteiger partial charge in [0.05, 0.1) is 17.9 Å². The van der Waals surface area contributed by atoms with Gasteiger partial charge in [-0.05, 0) is 56.9 Å². The first-order valence-corrected chi connectivity index (χ1v) is 10.0. The number of aromatic nitrogens is 1. The van der Waals surface area contributed by atoms with Crippen LogP contribution >= 0.6 is 0 Å². The number of ether oxygens (including phenoxy) is 1. The molecule has 1 aliphatic rings. The van der Waals surface area contributed by atoms with Crippen molar-refractivity contribution < 1.29 is 19.4 Å². The van der Waals surface area contributed by atoms with Crippen LogP contribution in [0.25, 0.3) is 5.76 Å². The van der Waals surface area contributed by atoms with Crippen molar-refractivity contribution >= 4 is 17.4 Å². The number of nitrogens with zero attached hydrogens (tertiary/aromatic N) is 3. The van der Waals surface area contributed by atoms with Crippen LogP contribution in [0.15, 0.2) is 54.2 Å². The maximum atomic E-state index is 12.9. The zero-order chi connectivity index (χ0) is 21.7. The Balaban J connectivity index is 2.03. The quantitative estimate of drug-likeness (QED) is 0.410. The SMILES string of the molecule is CCCOc1ccc(C(O)=C2C(=O)C(=O)N(CCN(C)C)[C@@H]2c2ccccn2)cc1. The summed E-state index contributed by atoms with van der Waals surface area (Å²) in [7, 11) is 3.79. The van der Waals surface area contributed by atoms with Gasteiger partial charge in [-0.25, -0.2) is 0 Å². The number of carbonyl (C=O) groups is 2. The second-order valence-corrected chi connectivity index (χ2v) is 7.42. The Bertz CT molecular complexity index is 923. The third-order valence-corrected chi connectivity index (χ3v) is 4.90. The van der Waals surface area contributed by atoms with Gasteiger partial charge in [0.25, 0.3) is 11.7 Å². The van der Waals surface area contributed by atoms with Gasteiger partial charge in [0.1, 0.15) is 17.6 Å². The summed E-state index contributed by atoms with van der Waals surface area (Å²) < 4.78 is 5.57. The molecular formula is C23H27N3O4. The predicted octanol–water partition coefficient (Wildman–Crippen LogP) is 2.85. The van der Waals surface area contributed by atoms with Crippen molar-refractivity contribution in [2.24, 2.45) is 0 Å². The van der Waals surface area contributed by atoms with Crippen LogP contribution in [0.1, 0.15) is 30.6 Å². The highest BCUT2D eigenvalue weighted by atomic mass is 16.5. The molecule has 1 fully saturated rings. The number of likely N-dealkylation sites (tertiary alicyclic amines) is 1. The molecular weight excluding hydrogens is 382 g/mol. The number of benzene rings is 1. The summed E-state index contributed by atoms with van der Waals surface area (Å²) in [5.74, 6) is -0.857. The predicted molar refractivity (Wildman–Crippen MR) is 114 cm³/mol. The van der Waals surface area contributed by atoms with Crippen molar-refractivity contribution in [3.05, 3.63) is 65.5 Å². The summed E-state index contributed by atoms with van der Waals surface area (Å²) >= 11 is 0. The van der Waals surface area contributed by atoms with Gasteiger partial charge >= 0.3 is 0 Å². The van der Waals surface area contributed by atoms with E-state index in [4.69, 9.17) is 4.74 Å². The molecule has 0 saturated carbocycles. The zero-order valence-corrected chi connectivity index (χ0v) is 17.5. The van der Waals surface area contributed by atoms with Crippen molar-refractivity contribution in [1.82, 2.24) is 14.8 Å². The Labute approximate surface area is 176 Å². The fraction of sp³-hybridized carbons (Fsp3) is 0.348. The minimum absolute atomic E-state index is 0.0553. The third-order valence-electron chi connectivity index (χ3n) is 4.90. The molecule has 7 nitrogen and oxygen atoms in total. The van der Waals surface area contributed by atoms with Gasteiger partial charge in [0.2, 0.25) is 0 Å². The summed E-state index contributed by atoms with van der Waals surface area (Å²) in [5, 5.41) is 11.0. The number of likely N-dealkylation sites (N-methyl/N-ethyl adjacent to an activating group) is 1. The normalized spacial score (nSPS) is 18.3. The molecule has 0 radical (unpaired) electrons. The van der Waals surface area contributed by atoms with Crippen molar-refractivity contribution in [1.29, 1.82) is 0 Å². The van der Waals surface area contributed by atoms with Crippen molar-refractivity contribution in [3.63, 3.8) is 0 Å². The zero-order valence-electron chi connectivity index (χ0n) is 17.5. The topological polar surface area (TPSA) is 83.0 Å². The molecule has 1 aromatic heterocycles. The molecule has 1 atom stereocenters. The van der Waals surface area contributed by atoms with Crippen LogP contribution in [0.3, 0.4) is 0 Å². The summed E-state index contributed by atoms with van der Waals surface area (Å²) in [6.45, 7) is 3.55. The molecule has 0 unspecified atom stereocenters. The van der Waals surface area contributed by atoms with Crippen LogP contribution < -0.4 is 4.74 Å². The van der Waals surface area contributed by atoms with E-state index in [9.17, 15) is 14.7 Å². The fourth-order valence-electron chi connectivity index (χ4n) is 3.35. The van der Waals surface area contributed by atoms with Crippen LogP contribution in [0.5, 0.6) is 5.75 Å². The summed E-state index contributed by atoms with van der Waals surface area (Å²) in [6, 6.07) is 11.4. The van der Waals surface area contributed by atoms with Crippen LogP contribution in [0.2, 0.25) is 0 Å². The first-order valence-electron chi connectivity index (χ1n) is 10.0. The van der Waals surface area contributed by atoms with E-state index in [0.29, 0.717) is 36.7 Å². The molecule has 1 amide bonds. The minimum Gasteiger partial charge on any atom is -0.507 e. The molecule has 1 aromatic carbocycles.